The summed E-state index contributed by atoms with van der Waals surface area (Å²) in [5.74, 6) is -0.0228. The van der Waals surface area contributed by atoms with E-state index in [-0.39, 0.29) is 12.5 Å². The van der Waals surface area contributed by atoms with Gasteiger partial charge in [0.25, 0.3) is 0 Å². The van der Waals surface area contributed by atoms with E-state index in [9.17, 15) is 15.0 Å². The molecule has 3 N–H and O–H groups in total. The first-order valence-corrected chi connectivity index (χ1v) is 35.2. The molecule has 0 aromatic carbocycles. The fourth-order valence-electron chi connectivity index (χ4n) is 11.3. The van der Waals surface area contributed by atoms with E-state index in [2.05, 4.69) is 55.6 Å². The molecule has 0 fully saturated rings. The lowest BCUT2D eigenvalue weighted by molar-refractivity contribution is -0.123. The Kier molecular flexibility index (Phi) is 66.6. The van der Waals surface area contributed by atoms with E-state index >= 15 is 0 Å². The summed E-state index contributed by atoms with van der Waals surface area (Å²) in [7, 11) is 0. The number of aliphatic hydroxyl groups excluding tert-OH is 2. The molecule has 4 nitrogen and oxygen atoms in total. The molecule has 450 valence electrons. The van der Waals surface area contributed by atoms with Crippen LogP contribution in [0.3, 0.4) is 0 Å². The van der Waals surface area contributed by atoms with Gasteiger partial charge in [-0.15, -0.1) is 0 Å². The molecule has 0 rings (SSSR count). The second-order valence-corrected chi connectivity index (χ2v) is 24.3. The number of unbranched alkanes of at least 4 members (excludes halogenated alkanes) is 53. The van der Waals surface area contributed by atoms with Crippen molar-refractivity contribution in [1.29, 1.82) is 0 Å². The van der Waals surface area contributed by atoms with Gasteiger partial charge in [-0.2, -0.15) is 0 Å². The van der Waals surface area contributed by atoms with Crippen LogP contribution < -0.4 is 5.32 Å². The molecule has 0 saturated carbocycles. The molecule has 0 aliphatic carbocycles. The van der Waals surface area contributed by atoms with E-state index in [1.54, 1.807) is 0 Å². The number of carbonyl (C=O) groups is 1. The third kappa shape index (κ3) is 63.4. The second-order valence-electron chi connectivity index (χ2n) is 24.3. The quantitative estimate of drug-likeness (QED) is 0.0420. The Morgan fingerprint density at radius 1 is 0.316 bits per heavy atom. The Morgan fingerprint density at radius 3 is 0.803 bits per heavy atom. The number of rotatable bonds is 66. The molecule has 4 heteroatoms. The minimum Gasteiger partial charge on any atom is -0.394 e. The number of carbonyl (C=O) groups excluding carboxylic acids is 1. The predicted octanol–water partition coefficient (Wildman–Crippen LogP) is 23.9. The predicted molar refractivity (Wildman–Crippen MR) is 341 cm³/mol. The van der Waals surface area contributed by atoms with Gasteiger partial charge in [0.2, 0.25) is 5.91 Å². The van der Waals surface area contributed by atoms with Crippen LogP contribution >= 0.6 is 0 Å². The van der Waals surface area contributed by atoms with Gasteiger partial charge in [0.15, 0.2) is 0 Å². The first-order chi connectivity index (χ1) is 37.7. The maximum Gasteiger partial charge on any atom is 0.220 e. The third-order valence-electron chi connectivity index (χ3n) is 16.7. The Morgan fingerprint density at radius 2 is 0.539 bits per heavy atom. The van der Waals surface area contributed by atoms with E-state index in [0.29, 0.717) is 12.8 Å². The van der Waals surface area contributed by atoms with Crippen molar-refractivity contribution >= 4 is 5.91 Å². The van der Waals surface area contributed by atoms with Gasteiger partial charge in [-0.05, 0) is 51.4 Å². The van der Waals surface area contributed by atoms with Crippen LogP contribution in [-0.4, -0.2) is 34.9 Å². The molecule has 0 aromatic rings. The fourth-order valence-corrected chi connectivity index (χ4v) is 11.3. The zero-order valence-corrected chi connectivity index (χ0v) is 52.1. The van der Waals surface area contributed by atoms with Crippen molar-refractivity contribution in [3.05, 3.63) is 36.5 Å². The van der Waals surface area contributed by atoms with Crippen molar-refractivity contribution in [2.24, 2.45) is 0 Å². The van der Waals surface area contributed by atoms with Gasteiger partial charge >= 0.3 is 0 Å². The molecule has 2 unspecified atom stereocenters. The third-order valence-corrected chi connectivity index (χ3v) is 16.7. The van der Waals surface area contributed by atoms with Crippen LogP contribution in [-0.2, 0) is 4.79 Å². The highest BCUT2D eigenvalue weighted by Crippen LogP contribution is 2.19. The minimum atomic E-state index is -0.660. The van der Waals surface area contributed by atoms with Gasteiger partial charge in [0.1, 0.15) is 0 Å². The van der Waals surface area contributed by atoms with Crippen molar-refractivity contribution in [3.8, 4) is 0 Å². The topological polar surface area (TPSA) is 69.6 Å². The van der Waals surface area contributed by atoms with E-state index in [1.807, 2.05) is 0 Å². The molecule has 0 heterocycles. The lowest BCUT2D eigenvalue weighted by Gasteiger charge is -2.22. The largest absolute Gasteiger partial charge is 0.394 e. The van der Waals surface area contributed by atoms with Crippen molar-refractivity contribution in [2.75, 3.05) is 6.61 Å². The van der Waals surface area contributed by atoms with Crippen LogP contribution in [0.2, 0.25) is 0 Å². The van der Waals surface area contributed by atoms with Gasteiger partial charge in [-0.1, -0.05) is 378 Å². The molecule has 0 saturated heterocycles. The zero-order valence-electron chi connectivity index (χ0n) is 52.1. The summed E-state index contributed by atoms with van der Waals surface area (Å²) < 4.78 is 0. The minimum absolute atomic E-state index is 0.0228. The van der Waals surface area contributed by atoms with Crippen LogP contribution in [0.15, 0.2) is 36.5 Å². The summed E-state index contributed by atoms with van der Waals surface area (Å²) in [5.41, 5.74) is 0. The Bertz CT molecular complexity index is 1160. The number of amides is 1. The highest BCUT2D eigenvalue weighted by Gasteiger charge is 2.20. The van der Waals surface area contributed by atoms with Crippen LogP contribution in [0, 0.1) is 0 Å². The van der Waals surface area contributed by atoms with Crippen molar-refractivity contribution < 1.29 is 15.0 Å². The standard InChI is InChI=1S/C72H139NO3/c1-3-5-7-9-11-13-15-17-19-21-23-25-27-29-31-33-34-35-36-37-38-40-42-44-46-48-50-52-54-56-58-60-62-64-66-68-72(76)73-70(69-74)71(75)67-65-63-61-59-57-55-53-51-49-47-45-43-41-39-32-30-28-26-24-22-20-18-16-14-12-10-8-6-4-2/h15,17,21,23,27,29,70-71,74-75H,3-14,16,18-20,22,24-26,28,30-69H2,1-2H3,(H,73,76)/b17-15-,23-21-,29-27-. The van der Waals surface area contributed by atoms with Crippen LogP contribution in [0.5, 0.6) is 0 Å². The number of nitrogens with one attached hydrogen (secondary N) is 1. The van der Waals surface area contributed by atoms with Crippen LogP contribution in [0.25, 0.3) is 0 Å². The molecule has 0 aliphatic heterocycles. The summed E-state index contributed by atoms with van der Waals surface area (Å²) in [5, 5.41) is 23.5. The average Bonchev–Trinajstić information content (AvgIpc) is 3.42. The molecule has 0 radical (unpaired) electrons. The Balaban J connectivity index is 3.39. The summed E-state index contributed by atoms with van der Waals surface area (Å²) in [6.45, 7) is 4.39. The highest BCUT2D eigenvalue weighted by molar-refractivity contribution is 5.76. The van der Waals surface area contributed by atoms with Crippen LogP contribution in [0.4, 0.5) is 0 Å². The summed E-state index contributed by atoms with van der Waals surface area (Å²) >= 11 is 0. The molecule has 76 heavy (non-hydrogen) atoms. The molecule has 0 spiro atoms. The molecule has 1 amide bonds. The van der Waals surface area contributed by atoms with Crippen LogP contribution in [0.1, 0.15) is 399 Å². The number of hydrogen-bond acceptors (Lipinski definition) is 3. The summed E-state index contributed by atoms with van der Waals surface area (Å²) in [6.07, 6.45) is 93.5. The Labute approximate surface area is 478 Å². The lowest BCUT2D eigenvalue weighted by Crippen LogP contribution is -2.45. The smallest absolute Gasteiger partial charge is 0.220 e. The van der Waals surface area contributed by atoms with E-state index < -0.39 is 12.1 Å². The SMILES string of the molecule is CCCCCCC/C=C\C/C=C\C/C=C\CCCCCCCCCCCCCCCCCCCCCCC(=O)NC(CO)C(O)CCCCCCCCCCCCCCCCCCCCCCCCCCCCCCC. The molecular weight excluding hydrogens is 927 g/mol. The van der Waals surface area contributed by atoms with E-state index in [1.165, 1.54) is 334 Å². The van der Waals surface area contributed by atoms with Gasteiger partial charge in [-0.3, -0.25) is 4.79 Å². The molecule has 2 atom stereocenters. The summed E-state index contributed by atoms with van der Waals surface area (Å²) in [4.78, 5) is 12.6. The molecule has 0 bridgehead atoms. The van der Waals surface area contributed by atoms with E-state index in [0.717, 1.165) is 38.5 Å². The van der Waals surface area contributed by atoms with Gasteiger partial charge in [0.05, 0.1) is 18.8 Å². The maximum absolute atomic E-state index is 12.6. The monoisotopic (exact) mass is 1070 g/mol. The molecule has 0 aromatic heterocycles. The maximum atomic E-state index is 12.6. The fraction of sp³-hybridized carbons (Fsp3) is 0.903. The Hall–Kier alpha value is -1.39. The van der Waals surface area contributed by atoms with Gasteiger partial charge in [-0.25, -0.2) is 0 Å². The number of hydrogen-bond donors (Lipinski definition) is 3. The second kappa shape index (κ2) is 67.9. The van der Waals surface area contributed by atoms with Gasteiger partial charge in [0, 0.05) is 6.42 Å². The molecule has 0 aliphatic rings. The first-order valence-electron chi connectivity index (χ1n) is 35.2. The zero-order chi connectivity index (χ0) is 54.8. The van der Waals surface area contributed by atoms with Crippen molar-refractivity contribution in [2.45, 2.75) is 411 Å². The van der Waals surface area contributed by atoms with E-state index in [4.69, 9.17) is 0 Å². The van der Waals surface area contributed by atoms with Gasteiger partial charge < -0.3 is 15.5 Å². The summed E-state index contributed by atoms with van der Waals surface area (Å²) in [6, 6.07) is -0.537. The number of aliphatic hydroxyl groups is 2. The van der Waals surface area contributed by atoms with Crippen molar-refractivity contribution in [3.63, 3.8) is 0 Å². The lowest BCUT2D eigenvalue weighted by atomic mass is 10.0. The van der Waals surface area contributed by atoms with Crippen molar-refractivity contribution in [1.82, 2.24) is 5.32 Å². The normalized spacial score (nSPS) is 12.8. The molecular formula is C72H139NO3. The average molecular weight is 1070 g/mol. The highest BCUT2D eigenvalue weighted by atomic mass is 16.3. The number of allylic oxidation sites excluding steroid dienone is 6. The first kappa shape index (κ1) is 74.6.